The lowest BCUT2D eigenvalue weighted by atomic mass is 9.99. The zero-order chi connectivity index (χ0) is 16.5. The second-order valence-corrected chi connectivity index (χ2v) is 7.05. The summed E-state index contributed by atoms with van der Waals surface area (Å²) in [6.07, 6.45) is 3.76. The molecule has 2 aliphatic heterocycles. The number of aromatic amines is 1. The van der Waals surface area contributed by atoms with Gasteiger partial charge in [0, 0.05) is 36.3 Å². The average Bonchev–Trinajstić information content (AvgIpc) is 3.11. The largest absolute Gasteiger partial charge is 0.334 e. The predicted octanol–water partition coefficient (Wildman–Crippen LogP) is 3.04. The molecule has 1 amide bonds. The monoisotopic (exact) mass is 344 g/mol. The molecule has 1 aromatic heterocycles. The van der Waals surface area contributed by atoms with Crippen LogP contribution in [0, 0.1) is 0 Å². The van der Waals surface area contributed by atoms with Gasteiger partial charge >= 0.3 is 0 Å². The molecule has 0 aliphatic carbocycles. The number of carbonyl (C=O) groups excluding carboxylic acids is 1. The van der Waals surface area contributed by atoms with Crippen molar-refractivity contribution in [2.24, 2.45) is 0 Å². The molecule has 5 nitrogen and oxygen atoms in total. The lowest BCUT2D eigenvalue weighted by Crippen LogP contribution is -2.56. The molecule has 1 aromatic carbocycles. The number of nitrogens with zero attached hydrogens (tertiary/aromatic N) is 3. The topological polar surface area (TPSA) is 52.2 Å². The summed E-state index contributed by atoms with van der Waals surface area (Å²) in [5.74, 6) is 0.0490. The number of hydrogen-bond acceptors (Lipinski definition) is 3. The molecule has 4 rings (SSSR count). The van der Waals surface area contributed by atoms with Gasteiger partial charge in [-0.2, -0.15) is 5.10 Å². The van der Waals surface area contributed by atoms with Gasteiger partial charge in [-0.1, -0.05) is 30.2 Å². The van der Waals surface area contributed by atoms with E-state index in [0.717, 1.165) is 30.9 Å². The number of amides is 1. The van der Waals surface area contributed by atoms with E-state index in [-0.39, 0.29) is 5.91 Å². The number of piperazine rings is 1. The third kappa shape index (κ3) is 3.06. The number of piperidine rings is 1. The number of rotatable bonds is 2. The molecule has 1 unspecified atom stereocenters. The maximum absolute atomic E-state index is 12.8. The van der Waals surface area contributed by atoms with Crippen LogP contribution in [0.25, 0.3) is 11.3 Å². The molecular weight excluding hydrogens is 324 g/mol. The van der Waals surface area contributed by atoms with E-state index >= 15 is 0 Å². The first-order valence-electron chi connectivity index (χ1n) is 8.55. The highest BCUT2D eigenvalue weighted by Gasteiger charge is 2.31. The first-order valence-corrected chi connectivity index (χ1v) is 8.93. The van der Waals surface area contributed by atoms with Gasteiger partial charge in [-0.05, 0) is 37.6 Å². The van der Waals surface area contributed by atoms with Crippen LogP contribution < -0.4 is 0 Å². The molecule has 2 saturated heterocycles. The maximum atomic E-state index is 12.8. The Balaban J connectivity index is 1.48. The molecule has 0 radical (unpaired) electrons. The summed E-state index contributed by atoms with van der Waals surface area (Å²) in [6.45, 7) is 3.78. The van der Waals surface area contributed by atoms with E-state index < -0.39 is 0 Å². The molecule has 126 valence electrons. The van der Waals surface area contributed by atoms with Crippen LogP contribution >= 0.6 is 11.6 Å². The summed E-state index contributed by atoms with van der Waals surface area (Å²) in [5, 5.41) is 7.88. The van der Waals surface area contributed by atoms with Gasteiger partial charge in [0.15, 0.2) is 0 Å². The molecular formula is C18H21ClN4O. The van der Waals surface area contributed by atoms with Crippen LogP contribution in [0.4, 0.5) is 0 Å². The van der Waals surface area contributed by atoms with Crippen LogP contribution in [0.1, 0.15) is 29.8 Å². The molecule has 24 heavy (non-hydrogen) atoms. The number of hydrogen-bond donors (Lipinski definition) is 1. The van der Waals surface area contributed by atoms with Gasteiger partial charge in [0.05, 0.1) is 5.69 Å². The summed E-state index contributed by atoms with van der Waals surface area (Å²) < 4.78 is 0. The fourth-order valence-electron chi connectivity index (χ4n) is 3.71. The summed E-state index contributed by atoms with van der Waals surface area (Å²) in [4.78, 5) is 17.3. The number of halogens is 1. The number of benzene rings is 1. The molecule has 2 aromatic rings. The summed E-state index contributed by atoms with van der Waals surface area (Å²) in [6, 6.07) is 9.83. The van der Waals surface area contributed by atoms with Crippen molar-refractivity contribution >= 4 is 17.5 Å². The van der Waals surface area contributed by atoms with Gasteiger partial charge in [0.25, 0.3) is 5.91 Å². The molecule has 0 saturated carbocycles. The van der Waals surface area contributed by atoms with Crippen molar-refractivity contribution in [3.8, 4) is 11.3 Å². The third-order valence-corrected chi connectivity index (χ3v) is 5.32. The zero-order valence-electron chi connectivity index (χ0n) is 13.5. The highest BCUT2D eigenvalue weighted by atomic mass is 35.5. The predicted molar refractivity (Wildman–Crippen MR) is 94.1 cm³/mol. The van der Waals surface area contributed by atoms with Gasteiger partial charge in [-0.15, -0.1) is 0 Å². The Morgan fingerprint density at radius 3 is 2.83 bits per heavy atom. The van der Waals surface area contributed by atoms with Gasteiger partial charge in [0.1, 0.15) is 5.69 Å². The Labute approximate surface area is 146 Å². The quantitative estimate of drug-likeness (QED) is 0.911. The van der Waals surface area contributed by atoms with E-state index in [4.69, 9.17) is 11.6 Å². The standard InChI is InChI=1S/C18H21ClN4O/c19-14-6-4-13(5-7-14)16-11-17(21-20-16)18(24)23-10-9-22-8-2-1-3-15(22)12-23/h4-7,11,15H,1-3,8-10,12H2,(H,20,21). The van der Waals surface area contributed by atoms with E-state index in [9.17, 15) is 4.79 Å². The number of fused-ring (bicyclic) bond motifs is 1. The van der Waals surface area contributed by atoms with E-state index in [1.54, 1.807) is 0 Å². The van der Waals surface area contributed by atoms with Gasteiger partial charge in [-0.25, -0.2) is 0 Å². The second kappa shape index (κ2) is 6.57. The Morgan fingerprint density at radius 2 is 2.00 bits per heavy atom. The SMILES string of the molecule is O=C(c1cc(-c2ccc(Cl)cc2)n[nH]1)N1CCN2CCCCC2C1. The number of H-pyrrole nitrogens is 1. The van der Waals surface area contributed by atoms with Crippen LogP contribution in [0.3, 0.4) is 0 Å². The van der Waals surface area contributed by atoms with Gasteiger partial charge in [0.2, 0.25) is 0 Å². The summed E-state index contributed by atoms with van der Waals surface area (Å²) >= 11 is 5.92. The highest BCUT2D eigenvalue weighted by molar-refractivity contribution is 6.30. The minimum Gasteiger partial charge on any atom is -0.334 e. The fourth-order valence-corrected chi connectivity index (χ4v) is 3.84. The Kier molecular flexibility index (Phi) is 4.29. The van der Waals surface area contributed by atoms with E-state index in [2.05, 4.69) is 15.1 Å². The summed E-state index contributed by atoms with van der Waals surface area (Å²) in [5.41, 5.74) is 2.28. The van der Waals surface area contributed by atoms with E-state index in [1.807, 2.05) is 35.2 Å². The van der Waals surface area contributed by atoms with Crippen molar-refractivity contribution in [3.63, 3.8) is 0 Å². The molecule has 0 spiro atoms. The molecule has 1 atom stereocenters. The first-order chi connectivity index (χ1) is 11.7. The molecule has 2 aliphatic rings. The minimum absolute atomic E-state index is 0.0490. The van der Waals surface area contributed by atoms with Crippen LogP contribution in [0.2, 0.25) is 5.02 Å². The number of nitrogens with one attached hydrogen (secondary N) is 1. The molecule has 1 N–H and O–H groups in total. The number of carbonyl (C=O) groups is 1. The third-order valence-electron chi connectivity index (χ3n) is 5.07. The Bertz CT molecular complexity index is 727. The number of aromatic nitrogens is 2. The first kappa shape index (κ1) is 15.7. The Morgan fingerprint density at radius 1 is 1.17 bits per heavy atom. The zero-order valence-corrected chi connectivity index (χ0v) is 14.3. The lowest BCUT2D eigenvalue weighted by Gasteiger charge is -2.43. The van der Waals surface area contributed by atoms with Crippen LogP contribution in [-0.2, 0) is 0 Å². The van der Waals surface area contributed by atoms with E-state index in [1.165, 1.54) is 25.8 Å². The van der Waals surface area contributed by atoms with Crippen molar-refractivity contribution in [3.05, 3.63) is 41.0 Å². The highest BCUT2D eigenvalue weighted by Crippen LogP contribution is 2.24. The van der Waals surface area contributed by atoms with Crippen molar-refractivity contribution in [1.82, 2.24) is 20.0 Å². The van der Waals surface area contributed by atoms with Gasteiger partial charge in [-0.3, -0.25) is 14.8 Å². The van der Waals surface area contributed by atoms with Crippen molar-refractivity contribution < 1.29 is 4.79 Å². The Hall–Kier alpha value is -1.85. The summed E-state index contributed by atoms with van der Waals surface area (Å²) in [7, 11) is 0. The normalized spacial score (nSPS) is 21.5. The molecule has 6 heteroatoms. The molecule has 2 fully saturated rings. The van der Waals surface area contributed by atoms with Crippen molar-refractivity contribution in [1.29, 1.82) is 0 Å². The van der Waals surface area contributed by atoms with Crippen LogP contribution in [0.5, 0.6) is 0 Å². The molecule has 3 heterocycles. The van der Waals surface area contributed by atoms with Crippen LogP contribution in [-0.4, -0.2) is 58.1 Å². The fraction of sp³-hybridized carbons (Fsp3) is 0.444. The average molecular weight is 345 g/mol. The molecule has 0 bridgehead atoms. The smallest absolute Gasteiger partial charge is 0.271 e. The van der Waals surface area contributed by atoms with E-state index in [0.29, 0.717) is 16.8 Å². The van der Waals surface area contributed by atoms with Crippen LogP contribution in [0.15, 0.2) is 30.3 Å². The van der Waals surface area contributed by atoms with Crippen molar-refractivity contribution in [2.75, 3.05) is 26.2 Å². The second-order valence-electron chi connectivity index (χ2n) is 6.61. The minimum atomic E-state index is 0.0490. The maximum Gasteiger partial charge on any atom is 0.271 e. The van der Waals surface area contributed by atoms with Gasteiger partial charge < -0.3 is 4.90 Å². The van der Waals surface area contributed by atoms with Crippen molar-refractivity contribution in [2.45, 2.75) is 25.3 Å². The lowest BCUT2D eigenvalue weighted by molar-refractivity contribution is 0.0368.